The molecule has 0 aliphatic heterocycles. The molecule has 0 unspecified atom stereocenters. The van der Waals surface area contributed by atoms with E-state index in [1.165, 1.54) is 0 Å². The van der Waals surface area contributed by atoms with Gasteiger partial charge in [0.1, 0.15) is 0 Å². The Morgan fingerprint density at radius 2 is 0.764 bits per heavy atom. The van der Waals surface area contributed by atoms with Crippen molar-refractivity contribution in [3.05, 3.63) is 266 Å². The third-order valence-electron chi connectivity index (χ3n) is 14.1. The monoisotopic (exact) mass is 915 g/mol. The average molecular weight is 916 g/mol. The van der Waals surface area contributed by atoms with Gasteiger partial charge in [-0.15, -0.1) is 0 Å². The highest BCUT2D eigenvalue weighted by atomic mass is 15.0. The van der Waals surface area contributed by atoms with Crippen LogP contribution in [0.4, 0.5) is 5.69 Å². The quantitative estimate of drug-likeness (QED) is 0.143. The van der Waals surface area contributed by atoms with Crippen molar-refractivity contribution >= 4 is 49.3 Å². The Kier molecular flexibility index (Phi) is 10.2. The van der Waals surface area contributed by atoms with Crippen molar-refractivity contribution in [1.29, 1.82) is 5.26 Å². The van der Waals surface area contributed by atoms with Crippen molar-refractivity contribution in [3.8, 4) is 84.2 Å². The molecule has 3 heterocycles. The third-order valence-corrected chi connectivity index (χ3v) is 14.1. The van der Waals surface area contributed by atoms with Gasteiger partial charge < -0.3 is 9.13 Å². The first-order valence-electron chi connectivity index (χ1n) is 24.0. The van der Waals surface area contributed by atoms with Crippen molar-refractivity contribution in [3.63, 3.8) is 0 Å². The van der Waals surface area contributed by atoms with E-state index in [0.29, 0.717) is 11.3 Å². The zero-order chi connectivity index (χ0) is 48.1. The summed E-state index contributed by atoms with van der Waals surface area (Å²) in [6.07, 6.45) is 3.62. The van der Waals surface area contributed by atoms with Gasteiger partial charge in [0.2, 0.25) is 0 Å². The molecule has 0 fully saturated rings. The summed E-state index contributed by atoms with van der Waals surface area (Å²) >= 11 is 0. The summed E-state index contributed by atoms with van der Waals surface area (Å²) in [7, 11) is 0. The SMILES string of the molecule is [C-]#[N+]c1cc(-c2ccncc2)c(-n2c3ccc(-c4ccccc4)cc3c3cc(-c4ccccc4)ccc32)c(-c2ccc(C#N)cc2-n2c3ccc(-c4ccccc4)cc3c3cc(-c4ccccc4)ccc32)c1. The summed E-state index contributed by atoms with van der Waals surface area (Å²) in [6, 6.07) is 85.5. The Bertz CT molecular complexity index is 4120. The van der Waals surface area contributed by atoms with Crippen LogP contribution in [0.15, 0.2) is 249 Å². The van der Waals surface area contributed by atoms with Gasteiger partial charge >= 0.3 is 0 Å². The van der Waals surface area contributed by atoms with E-state index in [4.69, 9.17) is 6.57 Å². The predicted molar refractivity (Wildman–Crippen MR) is 297 cm³/mol. The van der Waals surface area contributed by atoms with Crippen LogP contribution in [0.1, 0.15) is 5.56 Å². The highest BCUT2D eigenvalue weighted by Crippen LogP contribution is 2.48. The zero-order valence-corrected chi connectivity index (χ0v) is 38.9. The molecule has 0 aliphatic rings. The first-order valence-corrected chi connectivity index (χ1v) is 24.0. The summed E-state index contributed by atoms with van der Waals surface area (Å²) in [4.78, 5) is 8.59. The fourth-order valence-electron chi connectivity index (χ4n) is 10.7. The lowest BCUT2D eigenvalue weighted by Crippen LogP contribution is -2.04. The van der Waals surface area contributed by atoms with Gasteiger partial charge in [-0.1, -0.05) is 152 Å². The first-order chi connectivity index (χ1) is 35.6. The molecule has 0 spiro atoms. The van der Waals surface area contributed by atoms with E-state index in [2.05, 4.69) is 213 Å². The van der Waals surface area contributed by atoms with Crippen LogP contribution in [0.25, 0.3) is 127 Å². The lowest BCUT2D eigenvalue weighted by Gasteiger charge is -2.22. The molecule has 13 rings (SSSR count). The highest BCUT2D eigenvalue weighted by Gasteiger charge is 2.25. The minimum Gasteiger partial charge on any atom is -0.309 e. The average Bonchev–Trinajstić information content (AvgIpc) is 3.97. The lowest BCUT2D eigenvalue weighted by atomic mass is 9.93. The maximum Gasteiger partial charge on any atom is 0.188 e. The van der Waals surface area contributed by atoms with Crippen molar-refractivity contribution in [2.45, 2.75) is 0 Å². The molecule has 3 aromatic heterocycles. The van der Waals surface area contributed by atoms with Gasteiger partial charge in [-0.05, 0) is 146 Å². The fraction of sp³-hybridized carbons (Fsp3) is 0. The topological polar surface area (TPSA) is 50.9 Å². The predicted octanol–water partition coefficient (Wildman–Crippen LogP) is 17.7. The maximum absolute atomic E-state index is 10.7. The molecule has 0 saturated carbocycles. The molecule has 0 atom stereocenters. The Hall–Kier alpha value is -10.1. The van der Waals surface area contributed by atoms with Gasteiger partial charge in [0.05, 0.1) is 51.6 Å². The standard InChI is InChI=1S/C67H41N5/c1-69-54-41-56(49-32-34-70-35-33-49)67(72-64-30-25-52(47-18-10-4-11-19-47)39-59(64)60-40-53(26-31-65(60)72)48-20-12-5-13-21-48)61(42-54)55-27-22-44(43-68)36-66(55)71-62-28-23-50(45-14-6-2-7-15-45)37-57(62)58-38-51(24-29-63(58)71)46-16-8-3-9-17-46/h2-42H. The Morgan fingerprint density at radius 1 is 0.361 bits per heavy atom. The fourth-order valence-corrected chi connectivity index (χ4v) is 10.7. The molecule has 5 heteroatoms. The molecular weight excluding hydrogens is 875 g/mol. The summed E-state index contributed by atoms with van der Waals surface area (Å²) in [5.41, 5.74) is 19.4. The van der Waals surface area contributed by atoms with Crippen LogP contribution in [-0.4, -0.2) is 14.1 Å². The minimum atomic E-state index is 0.497. The second-order valence-corrected chi connectivity index (χ2v) is 18.1. The zero-order valence-electron chi connectivity index (χ0n) is 38.9. The molecule has 334 valence electrons. The van der Waals surface area contributed by atoms with Gasteiger partial charge in [-0.2, -0.15) is 5.26 Å². The van der Waals surface area contributed by atoms with Crippen molar-refractivity contribution in [1.82, 2.24) is 14.1 Å². The van der Waals surface area contributed by atoms with Gasteiger partial charge in [0.15, 0.2) is 5.69 Å². The summed E-state index contributed by atoms with van der Waals surface area (Å²) < 4.78 is 4.70. The van der Waals surface area contributed by atoms with Crippen LogP contribution >= 0.6 is 0 Å². The van der Waals surface area contributed by atoms with Gasteiger partial charge in [-0.3, -0.25) is 4.98 Å². The number of aromatic nitrogens is 3. The summed E-state index contributed by atoms with van der Waals surface area (Å²) in [5, 5.41) is 15.1. The van der Waals surface area contributed by atoms with E-state index in [9.17, 15) is 5.26 Å². The molecule has 0 radical (unpaired) electrons. The van der Waals surface area contributed by atoms with Crippen molar-refractivity contribution < 1.29 is 0 Å². The Morgan fingerprint density at radius 3 is 1.17 bits per heavy atom. The number of nitriles is 1. The third kappa shape index (κ3) is 7.12. The second kappa shape index (κ2) is 17.5. The van der Waals surface area contributed by atoms with Crippen LogP contribution in [-0.2, 0) is 0 Å². The molecule has 0 saturated heterocycles. The number of fused-ring (bicyclic) bond motifs is 6. The number of hydrogen-bond acceptors (Lipinski definition) is 2. The molecule has 0 N–H and O–H groups in total. The second-order valence-electron chi connectivity index (χ2n) is 18.1. The van der Waals surface area contributed by atoms with E-state index < -0.39 is 0 Å². The van der Waals surface area contributed by atoms with Crippen LogP contribution < -0.4 is 0 Å². The Balaban J connectivity index is 1.15. The number of rotatable bonds is 8. The van der Waals surface area contributed by atoms with Crippen LogP contribution in [0.5, 0.6) is 0 Å². The van der Waals surface area contributed by atoms with Crippen molar-refractivity contribution in [2.24, 2.45) is 0 Å². The minimum absolute atomic E-state index is 0.497. The smallest absolute Gasteiger partial charge is 0.188 e. The molecule has 10 aromatic carbocycles. The molecular formula is C67H41N5. The summed E-state index contributed by atoms with van der Waals surface area (Å²) in [5.74, 6) is 0. The van der Waals surface area contributed by atoms with E-state index in [0.717, 1.165) is 122 Å². The molecule has 72 heavy (non-hydrogen) atoms. The molecule has 0 bridgehead atoms. The first kappa shape index (κ1) is 42.1. The molecule has 5 nitrogen and oxygen atoms in total. The number of pyridine rings is 1. The summed E-state index contributed by atoms with van der Waals surface area (Å²) in [6.45, 7) is 8.59. The van der Waals surface area contributed by atoms with Gasteiger partial charge in [-0.25, -0.2) is 4.85 Å². The van der Waals surface area contributed by atoms with E-state index in [-0.39, 0.29) is 0 Å². The van der Waals surface area contributed by atoms with E-state index in [1.807, 2.05) is 60.9 Å². The lowest BCUT2D eigenvalue weighted by molar-refractivity contribution is 1.16. The largest absolute Gasteiger partial charge is 0.309 e. The van der Waals surface area contributed by atoms with Gasteiger partial charge in [0.25, 0.3) is 0 Å². The molecule has 13 aromatic rings. The maximum atomic E-state index is 10.7. The van der Waals surface area contributed by atoms with Crippen molar-refractivity contribution in [2.75, 3.05) is 0 Å². The van der Waals surface area contributed by atoms with E-state index >= 15 is 0 Å². The van der Waals surface area contributed by atoms with Crippen LogP contribution in [0.2, 0.25) is 0 Å². The molecule has 0 aliphatic carbocycles. The Labute approximate surface area is 416 Å². The highest BCUT2D eigenvalue weighted by molar-refractivity contribution is 6.15. The van der Waals surface area contributed by atoms with E-state index in [1.54, 1.807) is 0 Å². The number of benzene rings is 10. The molecule has 0 amide bonds. The van der Waals surface area contributed by atoms with Crippen LogP contribution in [0, 0.1) is 17.9 Å². The number of nitrogens with zero attached hydrogens (tertiary/aromatic N) is 5. The van der Waals surface area contributed by atoms with Crippen LogP contribution in [0.3, 0.4) is 0 Å². The number of hydrogen-bond donors (Lipinski definition) is 0. The normalized spacial score (nSPS) is 11.3. The van der Waals surface area contributed by atoms with Gasteiger partial charge in [0, 0.05) is 39.5 Å².